The predicted octanol–water partition coefficient (Wildman–Crippen LogP) is 3.75. The van der Waals surface area contributed by atoms with Gasteiger partial charge in [-0.15, -0.1) is 0 Å². The van der Waals surface area contributed by atoms with Crippen LogP contribution in [0.4, 0.5) is 0 Å². The van der Waals surface area contributed by atoms with Crippen molar-refractivity contribution >= 4 is 6.21 Å². The summed E-state index contributed by atoms with van der Waals surface area (Å²) in [5.41, 5.74) is 1.99. The predicted molar refractivity (Wildman–Crippen MR) is 67.1 cm³/mol. The lowest BCUT2D eigenvalue weighted by Gasteiger charge is -1.93. The number of rotatable bonds is 4. The molecule has 0 aliphatic carbocycles. The lowest BCUT2D eigenvalue weighted by atomic mass is 10.2. The van der Waals surface area contributed by atoms with Crippen LogP contribution in [0.2, 0.25) is 0 Å². The van der Waals surface area contributed by atoms with Crippen LogP contribution < -0.4 is 0 Å². The summed E-state index contributed by atoms with van der Waals surface area (Å²) >= 11 is 0. The van der Waals surface area contributed by atoms with Crippen LogP contribution in [0.5, 0.6) is 0 Å². The molecule has 0 fully saturated rings. The second-order valence-electron chi connectivity index (χ2n) is 3.00. The highest BCUT2D eigenvalue weighted by Gasteiger charge is 1.86. The molecule has 0 spiro atoms. The van der Waals surface area contributed by atoms with Gasteiger partial charge in [0.1, 0.15) is 0 Å². The summed E-state index contributed by atoms with van der Waals surface area (Å²) in [4.78, 5) is 4.35. The fourth-order valence-electron chi connectivity index (χ4n) is 1.12. The fraction of sp³-hybridized carbons (Fsp3) is 0.0714. The highest BCUT2D eigenvalue weighted by molar-refractivity contribution is 5.80. The van der Waals surface area contributed by atoms with Gasteiger partial charge in [-0.1, -0.05) is 49.1 Å². The van der Waals surface area contributed by atoms with E-state index in [4.69, 9.17) is 0 Å². The van der Waals surface area contributed by atoms with E-state index in [9.17, 15) is 0 Å². The Bertz CT molecular complexity index is 383. The molecule has 0 radical (unpaired) electrons. The van der Waals surface area contributed by atoms with Crippen molar-refractivity contribution in [3.8, 4) is 0 Å². The van der Waals surface area contributed by atoms with Crippen LogP contribution in [0, 0.1) is 0 Å². The molecule has 0 unspecified atom stereocenters. The molecular formula is C14H15N. The molecule has 1 heteroatoms. The van der Waals surface area contributed by atoms with Crippen molar-refractivity contribution in [3.05, 3.63) is 72.5 Å². The minimum Gasteiger partial charge on any atom is -0.256 e. The monoisotopic (exact) mass is 197 g/mol. The maximum absolute atomic E-state index is 4.35. The highest BCUT2D eigenvalue weighted by Crippen LogP contribution is 2.01. The Morgan fingerprint density at radius 2 is 2.00 bits per heavy atom. The summed E-state index contributed by atoms with van der Waals surface area (Å²) < 4.78 is 0. The van der Waals surface area contributed by atoms with Crippen molar-refractivity contribution in [1.82, 2.24) is 0 Å². The van der Waals surface area contributed by atoms with Gasteiger partial charge in [-0.2, -0.15) is 0 Å². The first kappa shape index (κ1) is 11.2. The summed E-state index contributed by atoms with van der Waals surface area (Å²) in [7, 11) is 0. The molecule has 76 valence electrons. The standard InChI is InChI=1S/C14H15N/c1-3-8-14(9-4-2)15-12-13-10-6-5-7-11-13/h3-12H,1H2,2H3/b9-4-,14-8+,15-12?. The van der Waals surface area contributed by atoms with E-state index in [0.29, 0.717) is 0 Å². The Hall–Kier alpha value is -1.89. The lowest BCUT2D eigenvalue weighted by molar-refractivity contribution is 1.41. The van der Waals surface area contributed by atoms with Crippen molar-refractivity contribution in [3.63, 3.8) is 0 Å². The van der Waals surface area contributed by atoms with Gasteiger partial charge < -0.3 is 0 Å². The number of allylic oxidation sites excluding steroid dienone is 4. The quantitative estimate of drug-likeness (QED) is 0.515. The third-order valence-corrected chi connectivity index (χ3v) is 1.79. The molecule has 0 saturated heterocycles. The molecule has 0 atom stereocenters. The lowest BCUT2D eigenvalue weighted by Crippen LogP contribution is -1.80. The summed E-state index contributed by atoms with van der Waals surface area (Å²) in [5, 5.41) is 0. The molecule has 0 bridgehead atoms. The second kappa shape index (κ2) is 6.55. The maximum Gasteiger partial charge on any atom is 0.0626 e. The molecule has 0 aliphatic rings. The van der Waals surface area contributed by atoms with Gasteiger partial charge in [0.15, 0.2) is 0 Å². The molecule has 1 aromatic rings. The van der Waals surface area contributed by atoms with Crippen molar-refractivity contribution in [2.24, 2.45) is 4.99 Å². The molecule has 1 aromatic carbocycles. The first-order chi connectivity index (χ1) is 7.36. The molecule has 0 saturated carbocycles. The fourth-order valence-corrected chi connectivity index (χ4v) is 1.12. The first-order valence-corrected chi connectivity index (χ1v) is 4.91. The van der Waals surface area contributed by atoms with Gasteiger partial charge in [-0.3, -0.25) is 4.99 Å². The third kappa shape index (κ3) is 4.23. The summed E-state index contributed by atoms with van der Waals surface area (Å²) in [6.07, 6.45) is 9.35. The average molecular weight is 197 g/mol. The van der Waals surface area contributed by atoms with E-state index in [0.717, 1.165) is 11.3 Å². The Balaban J connectivity index is 2.79. The largest absolute Gasteiger partial charge is 0.256 e. The van der Waals surface area contributed by atoms with Gasteiger partial charge in [0.2, 0.25) is 0 Å². The topological polar surface area (TPSA) is 12.4 Å². The first-order valence-electron chi connectivity index (χ1n) is 4.91. The summed E-state index contributed by atoms with van der Waals surface area (Å²) in [6, 6.07) is 10.0. The molecular weight excluding hydrogens is 182 g/mol. The molecule has 0 amide bonds. The van der Waals surface area contributed by atoms with Crippen LogP contribution in [0.15, 0.2) is 71.9 Å². The molecule has 0 N–H and O–H groups in total. The van der Waals surface area contributed by atoms with E-state index in [1.165, 1.54) is 0 Å². The van der Waals surface area contributed by atoms with E-state index in [1.54, 1.807) is 6.08 Å². The zero-order valence-electron chi connectivity index (χ0n) is 8.93. The average Bonchev–Trinajstić information content (AvgIpc) is 2.28. The Kier molecular flexibility index (Phi) is 4.88. The number of aliphatic imine (C=N–C) groups is 1. The van der Waals surface area contributed by atoms with Crippen LogP contribution in [-0.2, 0) is 0 Å². The van der Waals surface area contributed by atoms with Crippen LogP contribution in [0.3, 0.4) is 0 Å². The summed E-state index contributed by atoms with van der Waals surface area (Å²) in [6.45, 7) is 5.62. The molecule has 1 nitrogen and oxygen atoms in total. The van der Waals surface area contributed by atoms with Gasteiger partial charge in [0.25, 0.3) is 0 Å². The van der Waals surface area contributed by atoms with Gasteiger partial charge in [-0.05, 0) is 24.6 Å². The minimum atomic E-state index is 0.899. The zero-order valence-corrected chi connectivity index (χ0v) is 8.93. The van der Waals surface area contributed by atoms with E-state index in [-0.39, 0.29) is 0 Å². The van der Waals surface area contributed by atoms with E-state index < -0.39 is 0 Å². The van der Waals surface area contributed by atoms with Gasteiger partial charge in [-0.25, -0.2) is 0 Å². The molecule has 0 heterocycles. The van der Waals surface area contributed by atoms with Crippen molar-refractivity contribution < 1.29 is 0 Å². The van der Waals surface area contributed by atoms with Crippen LogP contribution in [0.1, 0.15) is 12.5 Å². The Morgan fingerprint density at radius 3 is 2.60 bits per heavy atom. The van der Waals surface area contributed by atoms with Gasteiger partial charge in [0, 0.05) is 6.21 Å². The second-order valence-corrected chi connectivity index (χ2v) is 3.00. The third-order valence-electron chi connectivity index (χ3n) is 1.79. The highest BCUT2D eigenvalue weighted by atomic mass is 14.7. The van der Waals surface area contributed by atoms with Crippen molar-refractivity contribution in [2.45, 2.75) is 6.92 Å². The number of hydrogen-bond acceptors (Lipinski definition) is 1. The summed E-state index contributed by atoms with van der Waals surface area (Å²) in [5.74, 6) is 0. The van der Waals surface area contributed by atoms with E-state index in [1.807, 2.05) is 61.7 Å². The van der Waals surface area contributed by atoms with E-state index >= 15 is 0 Å². The van der Waals surface area contributed by atoms with Crippen molar-refractivity contribution in [2.75, 3.05) is 0 Å². The molecule has 15 heavy (non-hydrogen) atoms. The number of hydrogen-bond donors (Lipinski definition) is 0. The smallest absolute Gasteiger partial charge is 0.0626 e. The van der Waals surface area contributed by atoms with Crippen LogP contribution in [0.25, 0.3) is 0 Å². The Morgan fingerprint density at radius 1 is 1.27 bits per heavy atom. The SMILES string of the molecule is C=C/C=C(\C=C/C)N=Cc1ccccc1. The molecule has 0 aromatic heterocycles. The number of benzene rings is 1. The minimum absolute atomic E-state index is 0.899. The van der Waals surface area contributed by atoms with Crippen LogP contribution in [-0.4, -0.2) is 6.21 Å². The molecule has 1 rings (SSSR count). The normalized spacial score (nSPS) is 12.5. The zero-order chi connectivity index (χ0) is 10.9. The maximum atomic E-state index is 4.35. The van der Waals surface area contributed by atoms with Crippen molar-refractivity contribution in [1.29, 1.82) is 0 Å². The van der Waals surface area contributed by atoms with Gasteiger partial charge in [0.05, 0.1) is 5.70 Å². The van der Waals surface area contributed by atoms with E-state index in [2.05, 4.69) is 11.6 Å². The Labute approximate surface area is 91.2 Å². The molecule has 0 aliphatic heterocycles. The number of nitrogens with zero attached hydrogens (tertiary/aromatic N) is 1. The van der Waals surface area contributed by atoms with Gasteiger partial charge >= 0.3 is 0 Å². The van der Waals surface area contributed by atoms with Crippen LogP contribution >= 0.6 is 0 Å².